The molecule has 1 aromatic heterocycles. The molecule has 0 fully saturated rings. The van der Waals surface area contributed by atoms with Crippen molar-refractivity contribution in [2.45, 2.75) is 0 Å². The molecule has 1 heterocycles. The number of hydrogen-bond donors (Lipinski definition) is 2. The fourth-order valence-corrected chi connectivity index (χ4v) is 0.567. The molecular weight excluding hydrogens is 114 g/mol. The Bertz CT molecular complexity index is 202. The molecule has 9 heavy (non-hydrogen) atoms. The second-order valence-electron chi connectivity index (χ2n) is 1.64. The van der Waals surface area contributed by atoms with E-state index in [9.17, 15) is 0 Å². The minimum atomic E-state index is 0.791. The van der Waals surface area contributed by atoms with Crippen LogP contribution >= 0.6 is 0 Å². The highest BCUT2D eigenvalue weighted by atomic mass is 15.0. The molecule has 1 aromatic rings. The summed E-state index contributed by atoms with van der Waals surface area (Å²) in [5, 5.41) is 2.92. The van der Waals surface area contributed by atoms with Gasteiger partial charge in [-0.1, -0.05) is 6.58 Å². The van der Waals surface area contributed by atoms with Crippen LogP contribution < -0.4 is 5.32 Å². The SMILES string of the molecule is C=Cc1ncc(NC)[nH]1. The second-order valence-corrected chi connectivity index (χ2v) is 1.64. The average Bonchev–Trinajstić information content (AvgIpc) is 2.34. The molecule has 2 N–H and O–H groups in total. The molecule has 3 heteroatoms. The van der Waals surface area contributed by atoms with Crippen molar-refractivity contribution in [3.8, 4) is 0 Å². The summed E-state index contributed by atoms with van der Waals surface area (Å²) in [6.07, 6.45) is 3.39. The lowest BCUT2D eigenvalue weighted by Crippen LogP contribution is -1.86. The molecule has 0 aliphatic carbocycles. The average molecular weight is 123 g/mol. The smallest absolute Gasteiger partial charge is 0.130 e. The van der Waals surface area contributed by atoms with E-state index < -0.39 is 0 Å². The normalized spacial score (nSPS) is 9.00. The van der Waals surface area contributed by atoms with Gasteiger partial charge in [-0.15, -0.1) is 0 Å². The van der Waals surface area contributed by atoms with E-state index in [2.05, 4.69) is 21.9 Å². The third kappa shape index (κ3) is 1.10. The van der Waals surface area contributed by atoms with Crippen molar-refractivity contribution in [2.24, 2.45) is 0 Å². The molecule has 0 atom stereocenters. The van der Waals surface area contributed by atoms with Crippen LogP contribution in [0, 0.1) is 0 Å². The number of rotatable bonds is 2. The number of nitrogens with one attached hydrogen (secondary N) is 2. The Labute approximate surface area is 53.8 Å². The molecule has 0 aliphatic rings. The predicted molar refractivity (Wildman–Crippen MR) is 38.2 cm³/mol. The van der Waals surface area contributed by atoms with E-state index in [1.807, 2.05) is 7.05 Å². The van der Waals surface area contributed by atoms with Crippen LogP contribution in [0.25, 0.3) is 6.08 Å². The largest absolute Gasteiger partial charge is 0.373 e. The maximum atomic E-state index is 3.97. The minimum Gasteiger partial charge on any atom is -0.373 e. The maximum absolute atomic E-state index is 3.97. The van der Waals surface area contributed by atoms with E-state index in [-0.39, 0.29) is 0 Å². The quantitative estimate of drug-likeness (QED) is 0.618. The van der Waals surface area contributed by atoms with Crippen LogP contribution in [-0.2, 0) is 0 Å². The van der Waals surface area contributed by atoms with E-state index in [0.717, 1.165) is 11.6 Å². The van der Waals surface area contributed by atoms with Gasteiger partial charge in [0.2, 0.25) is 0 Å². The summed E-state index contributed by atoms with van der Waals surface area (Å²) >= 11 is 0. The summed E-state index contributed by atoms with van der Waals surface area (Å²) in [5.74, 6) is 1.70. The third-order valence-electron chi connectivity index (χ3n) is 1.06. The van der Waals surface area contributed by atoms with Crippen LogP contribution in [0.2, 0.25) is 0 Å². The standard InChI is InChI=1S/C6H9N3/c1-3-5-8-4-6(7-2)9-5/h3-4,7H,1H2,2H3,(H,8,9). The van der Waals surface area contributed by atoms with E-state index in [1.165, 1.54) is 0 Å². The van der Waals surface area contributed by atoms with Gasteiger partial charge in [0, 0.05) is 7.05 Å². The first-order chi connectivity index (χ1) is 4.36. The van der Waals surface area contributed by atoms with E-state index >= 15 is 0 Å². The lowest BCUT2D eigenvalue weighted by atomic mass is 10.6. The Kier molecular flexibility index (Phi) is 1.53. The van der Waals surface area contributed by atoms with Gasteiger partial charge in [-0.2, -0.15) is 0 Å². The summed E-state index contributed by atoms with van der Waals surface area (Å²) in [5.41, 5.74) is 0. The zero-order valence-electron chi connectivity index (χ0n) is 5.31. The predicted octanol–water partition coefficient (Wildman–Crippen LogP) is 1.09. The van der Waals surface area contributed by atoms with E-state index in [4.69, 9.17) is 0 Å². The van der Waals surface area contributed by atoms with Gasteiger partial charge in [-0.05, 0) is 6.08 Å². The van der Waals surface area contributed by atoms with Gasteiger partial charge in [0.05, 0.1) is 6.20 Å². The van der Waals surface area contributed by atoms with Crippen molar-refractivity contribution >= 4 is 11.9 Å². The monoisotopic (exact) mass is 123 g/mol. The van der Waals surface area contributed by atoms with Gasteiger partial charge >= 0.3 is 0 Å². The second kappa shape index (κ2) is 2.35. The molecule has 0 aromatic carbocycles. The maximum Gasteiger partial charge on any atom is 0.130 e. The molecule has 0 radical (unpaired) electrons. The van der Waals surface area contributed by atoms with Gasteiger partial charge in [0.1, 0.15) is 11.6 Å². The first kappa shape index (κ1) is 5.88. The number of aromatic nitrogens is 2. The van der Waals surface area contributed by atoms with Gasteiger partial charge in [0.15, 0.2) is 0 Å². The molecule has 0 aliphatic heterocycles. The minimum absolute atomic E-state index is 0.791. The number of hydrogen-bond acceptors (Lipinski definition) is 2. The Hall–Kier alpha value is -1.25. The van der Waals surface area contributed by atoms with Crippen LogP contribution in [0.15, 0.2) is 12.8 Å². The lowest BCUT2D eigenvalue weighted by Gasteiger charge is -1.88. The molecule has 0 spiro atoms. The third-order valence-corrected chi connectivity index (χ3v) is 1.06. The van der Waals surface area contributed by atoms with Crippen LogP contribution in [0.4, 0.5) is 5.82 Å². The van der Waals surface area contributed by atoms with Crippen LogP contribution in [-0.4, -0.2) is 17.0 Å². The van der Waals surface area contributed by atoms with E-state index in [1.54, 1.807) is 12.3 Å². The fourth-order valence-electron chi connectivity index (χ4n) is 0.567. The molecule has 0 amide bonds. The van der Waals surface area contributed by atoms with Crippen LogP contribution in [0.3, 0.4) is 0 Å². The molecule has 48 valence electrons. The molecular formula is C6H9N3. The summed E-state index contributed by atoms with van der Waals surface area (Å²) in [6.45, 7) is 3.56. The van der Waals surface area contributed by atoms with Crippen LogP contribution in [0.5, 0.6) is 0 Å². The van der Waals surface area contributed by atoms with Crippen molar-refractivity contribution in [3.05, 3.63) is 18.6 Å². The fraction of sp³-hybridized carbons (Fsp3) is 0.167. The van der Waals surface area contributed by atoms with Crippen LogP contribution in [0.1, 0.15) is 5.82 Å². The van der Waals surface area contributed by atoms with Gasteiger partial charge < -0.3 is 10.3 Å². The molecule has 0 saturated heterocycles. The van der Waals surface area contributed by atoms with Crippen molar-refractivity contribution in [1.29, 1.82) is 0 Å². The summed E-state index contributed by atoms with van der Waals surface area (Å²) in [4.78, 5) is 6.94. The van der Waals surface area contributed by atoms with Gasteiger partial charge in [-0.25, -0.2) is 4.98 Å². The number of nitrogens with zero attached hydrogens (tertiary/aromatic N) is 1. The molecule has 0 saturated carbocycles. The highest BCUT2D eigenvalue weighted by Crippen LogP contribution is 2.01. The zero-order chi connectivity index (χ0) is 6.69. The number of H-pyrrole nitrogens is 1. The number of aromatic amines is 1. The Morgan fingerprint density at radius 1 is 1.89 bits per heavy atom. The van der Waals surface area contributed by atoms with Crippen molar-refractivity contribution in [2.75, 3.05) is 12.4 Å². The lowest BCUT2D eigenvalue weighted by molar-refractivity contribution is 1.26. The summed E-state index contributed by atoms with van der Waals surface area (Å²) < 4.78 is 0. The number of anilines is 1. The molecule has 1 rings (SSSR count). The zero-order valence-corrected chi connectivity index (χ0v) is 5.31. The summed E-state index contributed by atoms with van der Waals surface area (Å²) in [7, 11) is 1.83. The molecule has 3 nitrogen and oxygen atoms in total. The van der Waals surface area contributed by atoms with Gasteiger partial charge in [-0.3, -0.25) is 0 Å². The highest BCUT2D eigenvalue weighted by Gasteiger charge is 1.90. The van der Waals surface area contributed by atoms with Crippen molar-refractivity contribution in [3.63, 3.8) is 0 Å². The van der Waals surface area contributed by atoms with Crippen molar-refractivity contribution in [1.82, 2.24) is 9.97 Å². The molecule has 0 bridgehead atoms. The number of imidazole rings is 1. The Morgan fingerprint density at radius 3 is 3.00 bits per heavy atom. The Balaban J connectivity index is 2.86. The van der Waals surface area contributed by atoms with E-state index in [0.29, 0.717) is 0 Å². The van der Waals surface area contributed by atoms with Gasteiger partial charge in [0.25, 0.3) is 0 Å². The first-order valence-electron chi connectivity index (χ1n) is 2.72. The summed E-state index contributed by atoms with van der Waals surface area (Å²) in [6, 6.07) is 0. The van der Waals surface area contributed by atoms with Crippen molar-refractivity contribution < 1.29 is 0 Å². The first-order valence-corrected chi connectivity index (χ1v) is 2.72. The Morgan fingerprint density at radius 2 is 2.67 bits per heavy atom. The topological polar surface area (TPSA) is 40.7 Å². The highest BCUT2D eigenvalue weighted by molar-refractivity contribution is 5.42. The molecule has 0 unspecified atom stereocenters.